The fourth-order valence-corrected chi connectivity index (χ4v) is 3.54. The van der Waals surface area contributed by atoms with Crippen molar-refractivity contribution in [1.82, 2.24) is 24.4 Å². The standard InChI is InChI=1S/C19H21N5O2/c1-13-9-21-18(24(13)11-15-5-3-7-20-10-15)16-6-4-8-23(16)19(25)17-14(2)22-12-26-17/h3,5,7,9-10,12,16H,4,6,8,11H2,1-2H3/t16-/m0/s1. The van der Waals surface area contributed by atoms with Crippen molar-refractivity contribution in [2.24, 2.45) is 0 Å². The first kappa shape index (κ1) is 16.5. The smallest absolute Gasteiger partial charge is 0.292 e. The van der Waals surface area contributed by atoms with Gasteiger partial charge in [0.2, 0.25) is 5.76 Å². The summed E-state index contributed by atoms with van der Waals surface area (Å²) in [6.45, 7) is 5.21. The number of imidazole rings is 1. The molecule has 7 heteroatoms. The van der Waals surface area contributed by atoms with Crippen LogP contribution in [0, 0.1) is 13.8 Å². The summed E-state index contributed by atoms with van der Waals surface area (Å²) in [5.41, 5.74) is 2.80. The summed E-state index contributed by atoms with van der Waals surface area (Å²) >= 11 is 0. The van der Waals surface area contributed by atoms with Crippen molar-refractivity contribution in [1.29, 1.82) is 0 Å². The molecule has 4 heterocycles. The molecule has 1 saturated heterocycles. The zero-order valence-electron chi connectivity index (χ0n) is 14.9. The molecule has 4 rings (SSSR count). The lowest BCUT2D eigenvalue weighted by atomic mass is 10.2. The number of amides is 1. The molecule has 3 aromatic rings. The molecule has 0 spiro atoms. The van der Waals surface area contributed by atoms with Crippen LogP contribution < -0.4 is 0 Å². The van der Waals surface area contributed by atoms with Gasteiger partial charge < -0.3 is 13.9 Å². The molecule has 0 saturated carbocycles. The summed E-state index contributed by atoms with van der Waals surface area (Å²) in [6, 6.07) is 3.92. The third-order valence-corrected chi connectivity index (χ3v) is 4.90. The molecular formula is C19H21N5O2. The van der Waals surface area contributed by atoms with E-state index in [1.54, 1.807) is 13.1 Å². The van der Waals surface area contributed by atoms with Crippen molar-refractivity contribution < 1.29 is 9.21 Å². The number of rotatable bonds is 4. The molecule has 0 aromatic carbocycles. The molecule has 3 aromatic heterocycles. The predicted molar refractivity (Wildman–Crippen MR) is 94.6 cm³/mol. The molecule has 0 radical (unpaired) electrons. The Morgan fingerprint density at radius 1 is 1.31 bits per heavy atom. The van der Waals surface area contributed by atoms with Crippen LogP contribution in [0.1, 0.15) is 52.2 Å². The van der Waals surface area contributed by atoms with E-state index in [4.69, 9.17) is 4.42 Å². The second-order valence-corrected chi connectivity index (χ2v) is 6.63. The summed E-state index contributed by atoms with van der Waals surface area (Å²) in [7, 11) is 0. The molecule has 7 nitrogen and oxygen atoms in total. The van der Waals surface area contributed by atoms with Crippen molar-refractivity contribution in [2.45, 2.75) is 39.3 Å². The third kappa shape index (κ3) is 2.89. The highest BCUT2D eigenvalue weighted by Gasteiger charge is 2.35. The number of pyridine rings is 1. The summed E-state index contributed by atoms with van der Waals surface area (Å²) < 4.78 is 7.48. The van der Waals surface area contributed by atoms with Crippen LogP contribution in [0.3, 0.4) is 0 Å². The van der Waals surface area contributed by atoms with E-state index in [2.05, 4.69) is 19.5 Å². The summed E-state index contributed by atoms with van der Waals surface area (Å²) in [6.07, 6.45) is 8.65. The normalized spacial score (nSPS) is 17.0. The average molecular weight is 351 g/mol. The fraction of sp³-hybridized carbons (Fsp3) is 0.368. The molecule has 1 fully saturated rings. The Morgan fingerprint density at radius 3 is 2.92 bits per heavy atom. The minimum atomic E-state index is -0.115. The van der Waals surface area contributed by atoms with E-state index in [1.807, 2.05) is 36.4 Å². The Bertz CT molecular complexity index is 915. The van der Waals surface area contributed by atoms with Crippen molar-refractivity contribution in [3.63, 3.8) is 0 Å². The van der Waals surface area contributed by atoms with Crippen LogP contribution in [-0.2, 0) is 6.54 Å². The van der Waals surface area contributed by atoms with Crippen LogP contribution in [0.2, 0.25) is 0 Å². The van der Waals surface area contributed by atoms with Crippen LogP contribution in [0.5, 0.6) is 0 Å². The number of carbonyl (C=O) groups excluding carboxylic acids is 1. The van der Waals surface area contributed by atoms with Gasteiger partial charge in [-0.2, -0.15) is 0 Å². The number of carbonyl (C=O) groups is 1. The minimum absolute atomic E-state index is 0.0580. The Kier molecular flexibility index (Phi) is 4.28. The Labute approximate surface area is 151 Å². The van der Waals surface area contributed by atoms with Gasteiger partial charge in [0.15, 0.2) is 6.39 Å². The maximum Gasteiger partial charge on any atom is 0.292 e. The number of aryl methyl sites for hydroxylation is 2. The first-order chi connectivity index (χ1) is 12.6. The largest absolute Gasteiger partial charge is 0.438 e. The average Bonchev–Trinajstić information content (AvgIpc) is 3.37. The molecule has 0 N–H and O–H groups in total. The molecule has 0 bridgehead atoms. The van der Waals surface area contributed by atoms with Crippen molar-refractivity contribution in [2.75, 3.05) is 6.54 Å². The SMILES string of the molecule is Cc1ncoc1C(=O)N1CCC[C@H]1c1ncc(C)n1Cc1cccnc1. The molecule has 0 unspecified atom stereocenters. The van der Waals surface area contributed by atoms with E-state index in [-0.39, 0.29) is 11.9 Å². The van der Waals surface area contributed by atoms with Crippen molar-refractivity contribution in [3.05, 3.63) is 65.7 Å². The fourth-order valence-electron chi connectivity index (χ4n) is 3.54. The topological polar surface area (TPSA) is 77.0 Å². The monoisotopic (exact) mass is 351 g/mol. The van der Waals surface area contributed by atoms with Gasteiger partial charge in [-0.3, -0.25) is 9.78 Å². The van der Waals surface area contributed by atoms with Gasteiger partial charge in [-0.25, -0.2) is 9.97 Å². The van der Waals surface area contributed by atoms with Crippen LogP contribution >= 0.6 is 0 Å². The highest BCUT2D eigenvalue weighted by atomic mass is 16.3. The first-order valence-electron chi connectivity index (χ1n) is 8.77. The summed E-state index contributed by atoms with van der Waals surface area (Å²) in [5, 5.41) is 0. The van der Waals surface area contributed by atoms with E-state index in [1.165, 1.54) is 6.39 Å². The van der Waals surface area contributed by atoms with Crippen molar-refractivity contribution >= 4 is 5.91 Å². The zero-order chi connectivity index (χ0) is 18.1. The molecule has 134 valence electrons. The van der Waals surface area contributed by atoms with E-state index in [9.17, 15) is 4.79 Å². The lowest BCUT2D eigenvalue weighted by Crippen LogP contribution is -2.32. The quantitative estimate of drug-likeness (QED) is 0.722. The Morgan fingerprint density at radius 2 is 2.19 bits per heavy atom. The van der Waals surface area contributed by atoms with E-state index < -0.39 is 0 Å². The lowest BCUT2D eigenvalue weighted by molar-refractivity contribution is 0.0694. The van der Waals surface area contributed by atoms with Crippen LogP contribution in [-0.4, -0.2) is 36.9 Å². The molecular weight excluding hydrogens is 330 g/mol. The van der Waals surface area contributed by atoms with E-state index in [0.29, 0.717) is 24.5 Å². The van der Waals surface area contributed by atoms with Gasteiger partial charge in [-0.1, -0.05) is 6.07 Å². The summed E-state index contributed by atoms with van der Waals surface area (Å²) in [5.74, 6) is 1.12. The third-order valence-electron chi connectivity index (χ3n) is 4.90. The van der Waals surface area contributed by atoms with Gasteiger partial charge in [0.25, 0.3) is 5.91 Å². The van der Waals surface area contributed by atoms with Crippen LogP contribution in [0.15, 0.2) is 41.5 Å². The van der Waals surface area contributed by atoms with Gasteiger partial charge in [0.05, 0.1) is 18.3 Å². The second-order valence-electron chi connectivity index (χ2n) is 6.63. The predicted octanol–water partition coefficient (Wildman–Crippen LogP) is 2.91. The number of hydrogen-bond donors (Lipinski definition) is 0. The maximum atomic E-state index is 12.9. The van der Waals surface area contributed by atoms with Gasteiger partial charge >= 0.3 is 0 Å². The van der Waals surface area contributed by atoms with Crippen LogP contribution in [0.25, 0.3) is 0 Å². The molecule has 26 heavy (non-hydrogen) atoms. The number of oxazole rings is 1. The van der Waals surface area contributed by atoms with Crippen LogP contribution in [0.4, 0.5) is 0 Å². The number of likely N-dealkylation sites (tertiary alicyclic amines) is 1. The summed E-state index contributed by atoms with van der Waals surface area (Å²) in [4.78, 5) is 27.7. The van der Waals surface area contributed by atoms with E-state index in [0.717, 1.165) is 29.9 Å². The van der Waals surface area contributed by atoms with Gasteiger partial charge in [0.1, 0.15) is 5.82 Å². The van der Waals surface area contributed by atoms with Gasteiger partial charge in [-0.05, 0) is 38.3 Å². The number of nitrogens with zero attached hydrogens (tertiary/aromatic N) is 5. The zero-order valence-corrected chi connectivity index (χ0v) is 14.9. The lowest BCUT2D eigenvalue weighted by Gasteiger charge is -2.24. The number of aromatic nitrogens is 4. The second kappa shape index (κ2) is 6.74. The minimum Gasteiger partial charge on any atom is -0.438 e. The Hall–Kier alpha value is -2.96. The molecule has 1 amide bonds. The number of hydrogen-bond acceptors (Lipinski definition) is 5. The van der Waals surface area contributed by atoms with Gasteiger partial charge in [0, 0.05) is 30.8 Å². The maximum absolute atomic E-state index is 12.9. The molecule has 1 aliphatic heterocycles. The molecule has 1 atom stereocenters. The van der Waals surface area contributed by atoms with Crippen molar-refractivity contribution in [3.8, 4) is 0 Å². The molecule has 0 aliphatic carbocycles. The van der Waals surface area contributed by atoms with Gasteiger partial charge in [-0.15, -0.1) is 0 Å². The molecule has 1 aliphatic rings. The Balaban J connectivity index is 1.65. The van der Waals surface area contributed by atoms with E-state index >= 15 is 0 Å². The highest BCUT2D eigenvalue weighted by Crippen LogP contribution is 2.33. The first-order valence-corrected chi connectivity index (χ1v) is 8.77. The highest BCUT2D eigenvalue weighted by molar-refractivity contribution is 5.92.